The van der Waals surface area contributed by atoms with Crippen LogP contribution in [0.1, 0.15) is 23.6 Å². The van der Waals surface area contributed by atoms with Gasteiger partial charge in [0.25, 0.3) is 0 Å². The Morgan fingerprint density at radius 2 is 2.28 bits per heavy atom. The van der Waals surface area contributed by atoms with E-state index in [-0.39, 0.29) is 11.8 Å². The van der Waals surface area contributed by atoms with Gasteiger partial charge in [0.05, 0.1) is 24.3 Å². The van der Waals surface area contributed by atoms with E-state index < -0.39 is 0 Å². The third kappa shape index (κ3) is 2.01. The van der Waals surface area contributed by atoms with Crippen LogP contribution >= 0.6 is 15.9 Å². The van der Waals surface area contributed by atoms with Crippen molar-refractivity contribution in [2.75, 3.05) is 0 Å². The van der Waals surface area contributed by atoms with Crippen molar-refractivity contribution in [1.29, 1.82) is 0 Å². The minimum absolute atomic E-state index is 0.00704. The predicted octanol–water partition coefficient (Wildman–Crippen LogP) is 3.19. The van der Waals surface area contributed by atoms with Crippen LogP contribution in [-0.4, -0.2) is 10.8 Å². The van der Waals surface area contributed by atoms with Crippen molar-refractivity contribution in [2.24, 2.45) is 5.10 Å². The number of phenols is 1. The van der Waals surface area contributed by atoms with Gasteiger partial charge in [-0.25, -0.2) is 0 Å². The number of phenolic OH excluding ortho intramolecular Hbond substituents is 1. The monoisotopic (exact) mass is 306 g/mol. The maximum absolute atomic E-state index is 9.88. The molecule has 0 fully saturated rings. The van der Waals surface area contributed by atoms with E-state index in [1.54, 1.807) is 18.6 Å². The first kappa shape index (κ1) is 11.3. The van der Waals surface area contributed by atoms with Crippen molar-refractivity contribution in [3.05, 3.63) is 52.4 Å². The number of nitrogens with one attached hydrogen (secondary N) is 1. The first-order chi connectivity index (χ1) is 8.74. The lowest BCUT2D eigenvalue weighted by Crippen LogP contribution is -2.10. The van der Waals surface area contributed by atoms with Gasteiger partial charge in [0.2, 0.25) is 0 Å². The average molecular weight is 307 g/mol. The second kappa shape index (κ2) is 4.49. The van der Waals surface area contributed by atoms with Gasteiger partial charge in [-0.1, -0.05) is 15.9 Å². The minimum Gasteiger partial charge on any atom is -0.508 e. The highest BCUT2D eigenvalue weighted by Gasteiger charge is 2.24. The average Bonchev–Trinajstić information content (AvgIpc) is 3.00. The molecule has 0 saturated carbocycles. The van der Waals surface area contributed by atoms with Gasteiger partial charge < -0.3 is 14.9 Å². The zero-order valence-electron chi connectivity index (χ0n) is 9.43. The van der Waals surface area contributed by atoms with Crippen molar-refractivity contribution in [2.45, 2.75) is 12.5 Å². The lowest BCUT2D eigenvalue weighted by Gasteiger charge is -2.12. The fourth-order valence-electron chi connectivity index (χ4n) is 2.04. The highest BCUT2D eigenvalue weighted by atomic mass is 79.9. The molecule has 1 aromatic heterocycles. The first-order valence-electron chi connectivity index (χ1n) is 5.57. The molecule has 2 N–H and O–H groups in total. The van der Waals surface area contributed by atoms with E-state index in [4.69, 9.17) is 4.42 Å². The lowest BCUT2D eigenvalue weighted by molar-refractivity contribution is 0.455. The number of hydrazone groups is 1. The molecule has 0 bridgehead atoms. The molecule has 3 rings (SSSR count). The Kier molecular flexibility index (Phi) is 2.83. The van der Waals surface area contributed by atoms with E-state index in [0.29, 0.717) is 0 Å². The summed E-state index contributed by atoms with van der Waals surface area (Å²) in [6, 6.07) is 7.26. The topological polar surface area (TPSA) is 57.8 Å². The maximum atomic E-state index is 9.88. The van der Waals surface area contributed by atoms with Crippen LogP contribution < -0.4 is 5.43 Å². The molecule has 1 aliphatic rings. The second-order valence-corrected chi connectivity index (χ2v) is 5.08. The summed E-state index contributed by atoms with van der Waals surface area (Å²) in [4.78, 5) is 0. The molecule has 0 aliphatic carbocycles. The predicted molar refractivity (Wildman–Crippen MR) is 71.5 cm³/mol. The lowest BCUT2D eigenvalue weighted by atomic mass is 10.00. The first-order valence-corrected chi connectivity index (χ1v) is 6.36. The Morgan fingerprint density at radius 1 is 1.39 bits per heavy atom. The van der Waals surface area contributed by atoms with Crippen LogP contribution in [0, 0.1) is 0 Å². The van der Waals surface area contributed by atoms with Crippen molar-refractivity contribution in [3.63, 3.8) is 0 Å². The number of hydrogen-bond donors (Lipinski definition) is 2. The molecular formula is C13H11BrN2O2. The molecule has 2 heterocycles. The zero-order valence-corrected chi connectivity index (χ0v) is 11.0. The van der Waals surface area contributed by atoms with Gasteiger partial charge >= 0.3 is 0 Å². The molecule has 1 aromatic carbocycles. The largest absolute Gasteiger partial charge is 0.508 e. The summed E-state index contributed by atoms with van der Waals surface area (Å²) in [6.45, 7) is 0. The van der Waals surface area contributed by atoms with Crippen molar-refractivity contribution in [1.82, 2.24) is 5.43 Å². The van der Waals surface area contributed by atoms with Crippen molar-refractivity contribution in [3.8, 4) is 5.75 Å². The molecular weight excluding hydrogens is 296 g/mol. The summed E-state index contributed by atoms with van der Waals surface area (Å²) in [5.74, 6) is 0.277. The number of benzene rings is 1. The van der Waals surface area contributed by atoms with E-state index in [1.807, 2.05) is 18.2 Å². The molecule has 2 aromatic rings. The number of aromatic hydroxyl groups is 1. The number of furan rings is 1. The van der Waals surface area contributed by atoms with E-state index in [0.717, 1.165) is 27.7 Å². The van der Waals surface area contributed by atoms with E-state index in [2.05, 4.69) is 26.5 Å². The molecule has 0 saturated heterocycles. The SMILES string of the molecule is Oc1ccc(Br)cc1[C@H]1CC(c2ccoc2)=NN1. The van der Waals surface area contributed by atoms with Gasteiger partial charge in [-0.3, -0.25) is 0 Å². The zero-order chi connectivity index (χ0) is 12.5. The van der Waals surface area contributed by atoms with Crippen LogP contribution in [0.25, 0.3) is 0 Å². The molecule has 0 radical (unpaired) electrons. The number of hydrogen-bond acceptors (Lipinski definition) is 4. The van der Waals surface area contributed by atoms with E-state index in [9.17, 15) is 5.11 Å². The second-order valence-electron chi connectivity index (χ2n) is 4.16. The Labute approximate surface area is 112 Å². The number of halogens is 1. The highest BCUT2D eigenvalue weighted by molar-refractivity contribution is 9.10. The van der Waals surface area contributed by atoms with Gasteiger partial charge in [-0.05, 0) is 24.3 Å². The van der Waals surface area contributed by atoms with Crippen molar-refractivity contribution < 1.29 is 9.52 Å². The van der Waals surface area contributed by atoms with E-state index in [1.165, 1.54) is 0 Å². The molecule has 1 aliphatic heterocycles. The van der Waals surface area contributed by atoms with Gasteiger partial charge in [-0.2, -0.15) is 5.10 Å². The van der Waals surface area contributed by atoms with Crippen LogP contribution in [0.2, 0.25) is 0 Å². The van der Waals surface area contributed by atoms with Crippen LogP contribution in [-0.2, 0) is 0 Å². The minimum atomic E-state index is -0.00704. The standard InChI is InChI=1S/C13H11BrN2O2/c14-9-1-2-13(17)10(5-9)12-6-11(15-16-12)8-3-4-18-7-8/h1-5,7,12,16-17H,6H2/t12-/m1/s1. The Bertz CT molecular complexity index is 593. The molecule has 0 spiro atoms. The summed E-state index contributed by atoms with van der Waals surface area (Å²) in [5.41, 5.74) is 5.79. The molecule has 0 amide bonds. The molecule has 18 heavy (non-hydrogen) atoms. The number of rotatable bonds is 2. The highest BCUT2D eigenvalue weighted by Crippen LogP contribution is 2.32. The van der Waals surface area contributed by atoms with Crippen LogP contribution in [0.4, 0.5) is 0 Å². The van der Waals surface area contributed by atoms with E-state index >= 15 is 0 Å². The van der Waals surface area contributed by atoms with Gasteiger partial charge in [-0.15, -0.1) is 0 Å². The summed E-state index contributed by atoms with van der Waals surface area (Å²) >= 11 is 3.41. The van der Waals surface area contributed by atoms with Crippen LogP contribution in [0.5, 0.6) is 5.75 Å². The maximum Gasteiger partial charge on any atom is 0.120 e. The summed E-state index contributed by atoms with van der Waals surface area (Å²) in [5, 5.41) is 14.2. The Morgan fingerprint density at radius 3 is 3.06 bits per heavy atom. The molecule has 4 nitrogen and oxygen atoms in total. The summed E-state index contributed by atoms with van der Waals surface area (Å²) in [6.07, 6.45) is 4.02. The number of nitrogens with zero attached hydrogens (tertiary/aromatic N) is 1. The molecule has 0 unspecified atom stereocenters. The molecule has 1 atom stereocenters. The third-order valence-electron chi connectivity index (χ3n) is 2.97. The van der Waals surface area contributed by atoms with Crippen LogP contribution in [0.15, 0.2) is 50.8 Å². The normalized spacial score (nSPS) is 18.5. The third-order valence-corrected chi connectivity index (χ3v) is 3.47. The van der Waals surface area contributed by atoms with Crippen LogP contribution in [0.3, 0.4) is 0 Å². The van der Waals surface area contributed by atoms with Gasteiger partial charge in [0.1, 0.15) is 5.75 Å². The fraction of sp³-hybridized carbons (Fsp3) is 0.154. The fourth-order valence-corrected chi connectivity index (χ4v) is 2.41. The van der Waals surface area contributed by atoms with Gasteiger partial charge in [0, 0.05) is 22.0 Å². The molecule has 92 valence electrons. The Hall–Kier alpha value is -1.75. The van der Waals surface area contributed by atoms with Crippen molar-refractivity contribution >= 4 is 21.6 Å². The Balaban J connectivity index is 1.84. The smallest absolute Gasteiger partial charge is 0.120 e. The van der Waals surface area contributed by atoms with Gasteiger partial charge in [0.15, 0.2) is 0 Å². The summed E-state index contributed by atoms with van der Waals surface area (Å²) < 4.78 is 5.98. The quantitative estimate of drug-likeness (QED) is 0.896. The summed E-state index contributed by atoms with van der Waals surface area (Å²) in [7, 11) is 0. The molecule has 5 heteroatoms.